The SMILES string of the molecule is O=[N+]([O-])c1ccc(N2CCC(Cc3ccc4nonc4c3)CC2)c(Cl)c1. The highest BCUT2D eigenvalue weighted by Gasteiger charge is 2.22. The third-order valence-electron chi connectivity index (χ3n) is 4.94. The fraction of sp³-hybridized carbons (Fsp3) is 0.333. The van der Waals surface area contributed by atoms with Crippen molar-refractivity contribution in [1.29, 1.82) is 0 Å². The second-order valence-corrected chi connectivity index (χ2v) is 7.02. The average Bonchev–Trinajstić information content (AvgIpc) is 3.10. The lowest BCUT2D eigenvalue weighted by Gasteiger charge is -2.34. The minimum absolute atomic E-state index is 0.0198. The van der Waals surface area contributed by atoms with E-state index >= 15 is 0 Å². The van der Waals surface area contributed by atoms with Crippen LogP contribution in [0.5, 0.6) is 0 Å². The third-order valence-corrected chi connectivity index (χ3v) is 5.24. The van der Waals surface area contributed by atoms with Gasteiger partial charge in [0.25, 0.3) is 5.69 Å². The smallest absolute Gasteiger partial charge is 0.271 e. The second kappa shape index (κ2) is 6.92. The van der Waals surface area contributed by atoms with Crippen LogP contribution < -0.4 is 4.90 Å². The van der Waals surface area contributed by atoms with Gasteiger partial charge in [-0.15, -0.1) is 0 Å². The molecule has 1 fully saturated rings. The highest BCUT2D eigenvalue weighted by atomic mass is 35.5. The number of non-ortho nitro benzene ring substituents is 1. The number of rotatable bonds is 4. The number of nitro groups is 1. The molecule has 8 heteroatoms. The van der Waals surface area contributed by atoms with Gasteiger partial charge in [-0.1, -0.05) is 17.7 Å². The maximum absolute atomic E-state index is 10.8. The van der Waals surface area contributed by atoms with Crippen LogP contribution in [0.3, 0.4) is 0 Å². The molecule has 3 aromatic rings. The van der Waals surface area contributed by atoms with E-state index in [1.807, 2.05) is 12.1 Å². The van der Waals surface area contributed by atoms with Crippen molar-refractivity contribution in [3.8, 4) is 0 Å². The van der Waals surface area contributed by atoms with E-state index in [0.29, 0.717) is 10.9 Å². The minimum atomic E-state index is -0.427. The van der Waals surface area contributed by atoms with Crippen LogP contribution in [0, 0.1) is 16.0 Å². The van der Waals surface area contributed by atoms with Crippen molar-refractivity contribution in [2.24, 2.45) is 5.92 Å². The lowest BCUT2D eigenvalue weighted by atomic mass is 9.90. The van der Waals surface area contributed by atoms with E-state index in [1.54, 1.807) is 6.07 Å². The molecule has 0 saturated carbocycles. The molecular formula is C18H17ClN4O3. The molecule has 0 bridgehead atoms. The van der Waals surface area contributed by atoms with Crippen LogP contribution in [-0.4, -0.2) is 28.3 Å². The van der Waals surface area contributed by atoms with Gasteiger partial charge >= 0.3 is 0 Å². The Kier molecular flexibility index (Phi) is 4.46. The topological polar surface area (TPSA) is 85.3 Å². The largest absolute Gasteiger partial charge is 0.370 e. The van der Waals surface area contributed by atoms with Crippen molar-refractivity contribution in [3.63, 3.8) is 0 Å². The Morgan fingerprint density at radius 2 is 1.92 bits per heavy atom. The van der Waals surface area contributed by atoms with Crippen molar-refractivity contribution in [3.05, 3.63) is 57.1 Å². The number of nitrogens with zero attached hydrogens (tertiary/aromatic N) is 4. The van der Waals surface area contributed by atoms with Crippen molar-refractivity contribution in [1.82, 2.24) is 10.3 Å². The molecule has 0 radical (unpaired) electrons. The van der Waals surface area contributed by atoms with E-state index in [0.717, 1.165) is 49.1 Å². The van der Waals surface area contributed by atoms with Crippen LogP contribution in [0.25, 0.3) is 11.0 Å². The first-order valence-corrected chi connectivity index (χ1v) is 8.88. The second-order valence-electron chi connectivity index (χ2n) is 6.61. The zero-order valence-corrected chi connectivity index (χ0v) is 14.7. The van der Waals surface area contributed by atoms with Crippen LogP contribution in [-0.2, 0) is 6.42 Å². The molecule has 7 nitrogen and oxygen atoms in total. The number of fused-ring (bicyclic) bond motifs is 1. The van der Waals surface area contributed by atoms with E-state index in [-0.39, 0.29) is 5.69 Å². The summed E-state index contributed by atoms with van der Waals surface area (Å²) in [6.45, 7) is 1.77. The summed E-state index contributed by atoms with van der Waals surface area (Å²) in [5, 5.41) is 19.0. The number of piperidine rings is 1. The Hall–Kier alpha value is -2.67. The fourth-order valence-electron chi connectivity index (χ4n) is 3.53. The van der Waals surface area contributed by atoms with Gasteiger partial charge in [0.1, 0.15) is 11.0 Å². The summed E-state index contributed by atoms with van der Waals surface area (Å²) in [6.07, 6.45) is 3.08. The van der Waals surface area contributed by atoms with Gasteiger partial charge in [0.2, 0.25) is 0 Å². The molecule has 4 rings (SSSR count). The Morgan fingerprint density at radius 1 is 1.15 bits per heavy atom. The molecule has 0 unspecified atom stereocenters. The minimum Gasteiger partial charge on any atom is -0.370 e. The predicted octanol–water partition coefficient (Wildman–Crippen LogP) is 4.24. The molecule has 26 heavy (non-hydrogen) atoms. The molecular weight excluding hydrogens is 356 g/mol. The Bertz CT molecular complexity index is 951. The molecule has 0 N–H and O–H groups in total. The summed E-state index contributed by atoms with van der Waals surface area (Å²) in [5.74, 6) is 0.584. The third kappa shape index (κ3) is 3.35. The summed E-state index contributed by atoms with van der Waals surface area (Å²) in [4.78, 5) is 12.6. The number of nitro benzene ring substituents is 1. The van der Waals surface area contributed by atoms with E-state index < -0.39 is 4.92 Å². The van der Waals surface area contributed by atoms with Gasteiger partial charge in [-0.05, 0) is 59.3 Å². The van der Waals surface area contributed by atoms with E-state index in [4.69, 9.17) is 16.2 Å². The van der Waals surface area contributed by atoms with E-state index in [9.17, 15) is 10.1 Å². The van der Waals surface area contributed by atoms with Crippen LogP contribution in [0.2, 0.25) is 5.02 Å². The van der Waals surface area contributed by atoms with Crippen molar-refractivity contribution < 1.29 is 9.55 Å². The Morgan fingerprint density at radius 3 is 2.65 bits per heavy atom. The quantitative estimate of drug-likeness (QED) is 0.503. The fourth-order valence-corrected chi connectivity index (χ4v) is 3.83. The summed E-state index contributed by atoms with van der Waals surface area (Å²) in [6, 6.07) is 10.7. The highest BCUT2D eigenvalue weighted by molar-refractivity contribution is 6.33. The number of halogens is 1. The zero-order valence-electron chi connectivity index (χ0n) is 14.0. The Labute approximate surface area is 154 Å². The first-order chi connectivity index (χ1) is 12.6. The van der Waals surface area contributed by atoms with Crippen LogP contribution in [0.1, 0.15) is 18.4 Å². The van der Waals surface area contributed by atoms with Gasteiger partial charge in [-0.25, -0.2) is 4.63 Å². The van der Waals surface area contributed by atoms with Crippen LogP contribution in [0.15, 0.2) is 41.0 Å². The van der Waals surface area contributed by atoms with Gasteiger partial charge < -0.3 is 4.90 Å². The summed E-state index contributed by atoms with van der Waals surface area (Å²) in [5.41, 5.74) is 3.69. The number of hydrogen-bond acceptors (Lipinski definition) is 6. The molecule has 0 atom stereocenters. The molecule has 0 amide bonds. The first-order valence-electron chi connectivity index (χ1n) is 8.50. The monoisotopic (exact) mass is 372 g/mol. The standard InChI is InChI=1S/C18H17ClN4O3/c19-15-11-14(23(24)25)2-4-18(15)22-7-5-12(6-8-22)9-13-1-3-16-17(10-13)21-26-20-16/h1-4,10-12H,5-9H2. The van der Waals surface area contributed by atoms with Gasteiger partial charge in [0, 0.05) is 25.2 Å². The number of hydrogen-bond donors (Lipinski definition) is 0. The maximum Gasteiger partial charge on any atom is 0.271 e. The Balaban J connectivity index is 1.40. The predicted molar refractivity (Wildman–Crippen MR) is 98.6 cm³/mol. The van der Waals surface area contributed by atoms with E-state index in [1.165, 1.54) is 17.7 Å². The summed E-state index contributed by atoms with van der Waals surface area (Å²) < 4.78 is 4.75. The van der Waals surface area contributed by atoms with Gasteiger partial charge in [-0.2, -0.15) is 0 Å². The molecule has 1 saturated heterocycles. The molecule has 0 spiro atoms. The highest BCUT2D eigenvalue weighted by Crippen LogP contribution is 2.33. The zero-order chi connectivity index (χ0) is 18.1. The normalized spacial score (nSPS) is 15.5. The summed E-state index contributed by atoms with van der Waals surface area (Å²) in [7, 11) is 0. The van der Waals surface area contributed by atoms with Crippen LogP contribution >= 0.6 is 11.6 Å². The van der Waals surface area contributed by atoms with Gasteiger partial charge in [0.15, 0.2) is 0 Å². The molecule has 2 aromatic carbocycles. The summed E-state index contributed by atoms with van der Waals surface area (Å²) >= 11 is 6.25. The van der Waals surface area contributed by atoms with Crippen LogP contribution in [0.4, 0.5) is 11.4 Å². The average molecular weight is 373 g/mol. The van der Waals surface area contributed by atoms with Crippen molar-refractivity contribution in [2.45, 2.75) is 19.3 Å². The lowest BCUT2D eigenvalue weighted by molar-refractivity contribution is -0.384. The number of anilines is 1. The molecule has 1 aliphatic heterocycles. The lowest BCUT2D eigenvalue weighted by Crippen LogP contribution is -2.34. The van der Waals surface area contributed by atoms with Crippen molar-refractivity contribution in [2.75, 3.05) is 18.0 Å². The van der Waals surface area contributed by atoms with Gasteiger partial charge in [0.05, 0.1) is 15.6 Å². The molecule has 2 heterocycles. The van der Waals surface area contributed by atoms with Crippen molar-refractivity contribution >= 4 is 34.0 Å². The number of aromatic nitrogens is 2. The van der Waals surface area contributed by atoms with Gasteiger partial charge in [-0.3, -0.25) is 10.1 Å². The van der Waals surface area contributed by atoms with E-state index in [2.05, 4.69) is 21.3 Å². The first kappa shape index (κ1) is 16.8. The molecule has 1 aromatic heterocycles. The molecule has 134 valence electrons. The molecule has 1 aliphatic rings. The number of benzene rings is 2. The maximum atomic E-state index is 10.8. The molecule has 0 aliphatic carbocycles.